The molecule has 1 aliphatic heterocycles. The van der Waals surface area contributed by atoms with Gasteiger partial charge >= 0.3 is 5.97 Å². The van der Waals surface area contributed by atoms with Gasteiger partial charge in [0.1, 0.15) is 0 Å². The van der Waals surface area contributed by atoms with Gasteiger partial charge in [0.05, 0.1) is 5.41 Å². The van der Waals surface area contributed by atoms with Crippen LogP contribution in [-0.2, 0) is 4.79 Å². The fraction of sp³-hybridized carbons (Fsp3) is 0.929. The van der Waals surface area contributed by atoms with E-state index in [1.54, 1.807) is 0 Å². The van der Waals surface area contributed by atoms with Gasteiger partial charge < -0.3 is 10.0 Å². The van der Waals surface area contributed by atoms with E-state index in [0.717, 1.165) is 32.0 Å². The highest BCUT2D eigenvalue weighted by atomic mass is 16.4. The SMILES string of the molecule is CC(C)CCCN1CCC(C(=O)O)(C(C)C)C1. The molecule has 1 fully saturated rings. The highest BCUT2D eigenvalue weighted by molar-refractivity contribution is 5.75. The van der Waals surface area contributed by atoms with Crippen LogP contribution < -0.4 is 0 Å². The van der Waals surface area contributed by atoms with Crippen LogP contribution in [0.4, 0.5) is 0 Å². The number of rotatable bonds is 6. The van der Waals surface area contributed by atoms with E-state index >= 15 is 0 Å². The second-order valence-corrected chi connectivity index (χ2v) is 6.18. The zero-order valence-electron chi connectivity index (χ0n) is 11.7. The molecule has 1 N–H and O–H groups in total. The Labute approximate surface area is 105 Å². The Kier molecular flexibility index (Phi) is 4.99. The lowest BCUT2D eigenvalue weighted by Gasteiger charge is -2.28. The average molecular weight is 241 g/mol. The molecule has 0 aromatic rings. The van der Waals surface area contributed by atoms with Crippen molar-refractivity contribution in [3.63, 3.8) is 0 Å². The molecule has 0 amide bonds. The van der Waals surface area contributed by atoms with E-state index in [1.807, 2.05) is 13.8 Å². The molecule has 1 atom stereocenters. The molecule has 3 heteroatoms. The van der Waals surface area contributed by atoms with Crippen molar-refractivity contribution in [3.05, 3.63) is 0 Å². The third-order valence-electron chi connectivity index (χ3n) is 4.17. The van der Waals surface area contributed by atoms with Crippen molar-refractivity contribution in [2.45, 2.75) is 47.0 Å². The summed E-state index contributed by atoms with van der Waals surface area (Å²) in [5.41, 5.74) is -0.502. The van der Waals surface area contributed by atoms with Gasteiger partial charge in [0.25, 0.3) is 0 Å². The number of hydrogen-bond donors (Lipinski definition) is 1. The summed E-state index contributed by atoms with van der Waals surface area (Å²) in [4.78, 5) is 13.8. The third-order valence-corrected chi connectivity index (χ3v) is 4.17. The van der Waals surface area contributed by atoms with Crippen LogP contribution in [0.5, 0.6) is 0 Å². The number of carbonyl (C=O) groups is 1. The molecular formula is C14H27NO2. The molecule has 1 rings (SSSR count). The summed E-state index contributed by atoms with van der Waals surface area (Å²) in [6.07, 6.45) is 3.23. The van der Waals surface area contributed by atoms with Crippen molar-refractivity contribution >= 4 is 5.97 Å². The minimum absolute atomic E-state index is 0.218. The van der Waals surface area contributed by atoms with Gasteiger partial charge in [-0.25, -0.2) is 0 Å². The summed E-state index contributed by atoms with van der Waals surface area (Å²) < 4.78 is 0. The minimum Gasteiger partial charge on any atom is -0.481 e. The Morgan fingerprint density at radius 1 is 1.35 bits per heavy atom. The van der Waals surface area contributed by atoms with Crippen LogP contribution in [-0.4, -0.2) is 35.6 Å². The molecule has 100 valence electrons. The van der Waals surface area contributed by atoms with Crippen molar-refractivity contribution in [1.82, 2.24) is 4.90 Å². The fourth-order valence-corrected chi connectivity index (χ4v) is 2.72. The second-order valence-electron chi connectivity index (χ2n) is 6.18. The highest BCUT2D eigenvalue weighted by Crippen LogP contribution is 2.38. The molecule has 0 radical (unpaired) electrons. The molecule has 0 saturated carbocycles. The first kappa shape index (κ1) is 14.5. The van der Waals surface area contributed by atoms with Crippen molar-refractivity contribution < 1.29 is 9.90 Å². The lowest BCUT2D eigenvalue weighted by atomic mass is 9.76. The maximum Gasteiger partial charge on any atom is 0.311 e. The van der Waals surface area contributed by atoms with Gasteiger partial charge in [-0.15, -0.1) is 0 Å². The number of carboxylic acids is 1. The van der Waals surface area contributed by atoms with E-state index in [9.17, 15) is 9.90 Å². The zero-order chi connectivity index (χ0) is 13.1. The maximum absolute atomic E-state index is 11.5. The molecule has 0 aromatic heterocycles. The smallest absolute Gasteiger partial charge is 0.311 e. The van der Waals surface area contributed by atoms with Crippen LogP contribution in [0, 0.1) is 17.3 Å². The standard InChI is InChI=1S/C14H27NO2/c1-11(2)6-5-8-15-9-7-14(10-15,12(3)4)13(16)17/h11-12H,5-10H2,1-4H3,(H,16,17). The molecule has 3 nitrogen and oxygen atoms in total. The third kappa shape index (κ3) is 3.44. The lowest BCUT2D eigenvalue weighted by Crippen LogP contribution is -2.39. The van der Waals surface area contributed by atoms with Gasteiger partial charge in [-0.3, -0.25) is 4.79 Å². The predicted octanol–water partition coefficient (Wildman–Crippen LogP) is 2.86. The monoisotopic (exact) mass is 241 g/mol. The number of nitrogens with zero attached hydrogens (tertiary/aromatic N) is 1. The predicted molar refractivity (Wildman–Crippen MR) is 70.0 cm³/mol. The molecule has 17 heavy (non-hydrogen) atoms. The van der Waals surface area contributed by atoms with Crippen molar-refractivity contribution in [2.75, 3.05) is 19.6 Å². The first-order valence-electron chi connectivity index (χ1n) is 6.84. The van der Waals surface area contributed by atoms with Gasteiger partial charge in [0, 0.05) is 6.54 Å². The molecule has 0 aliphatic carbocycles. The first-order valence-corrected chi connectivity index (χ1v) is 6.84. The molecule has 1 unspecified atom stereocenters. The van der Waals surface area contributed by atoms with Gasteiger partial charge in [0.15, 0.2) is 0 Å². The van der Waals surface area contributed by atoms with Gasteiger partial charge in [-0.05, 0) is 44.2 Å². The molecular weight excluding hydrogens is 214 g/mol. The Balaban J connectivity index is 2.47. The zero-order valence-corrected chi connectivity index (χ0v) is 11.7. The van der Waals surface area contributed by atoms with Crippen LogP contribution in [0.1, 0.15) is 47.0 Å². The largest absolute Gasteiger partial charge is 0.481 e. The van der Waals surface area contributed by atoms with Crippen molar-refractivity contribution in [3.8, 4) is 0 Å². The summed E-state index contributed by atoms with van der Waals surface area (Å²) in [5, 5.41) is 9.44. The second kappa shape index (κ2) is 5.85. The Hall–Kier alpha value is -0.570. The summed E-state index contributed by atoms with van der Waals surface area (Å²) in [7, 11) is 0. The van der Waals surface area contributed by atoms with Crippen LogP contribution in [0.3, 0.4) is 0 Å². The van der Waals surface area contributed by atoms with Crippen LogP contribution in [0.2, 0.25) is 0 Å². The van der Waals surface area contributed by atoms with E-state index in [-0.39, 0.29) is 5.92 Å². The van der Waals surface area contributed by atoms with Gasteiger partial charge in [0.2, 0.25) is 0 Å². The molecule has 0 aromatic carbocycles. The van der Waals surface area contributed by atoms with Gasteiger partial charge in [-0.2, -0.15) is 0 Å². The normalized spacial score (nSPS) is 26.0. The van der Waals surface area contributed by atoms with E-state index in [4.69, 9.17) is 0 Å². The quantitative estimate of drug-likeness (QED) is 0.777. The molecule has 1 heterocycles. The summed E-state index contributed by atoms with van der Waals surface area (Å²) in [6, 6.07) is 0. The summed E-state index contributed by atoms with van der Waals surface area (Å²) in [6.45, 7) is 11.3. The van der Waals surface area contributed by atoms with Crippen molar-refractivity contribution in [2.24, 2.45) is 17.3 Å². The first-order chi connectivity index (χ1) is 7.88. The highest BCUT2D eigenvalue weighted by Gasteiger charge is 2.46. The van der Waals surface area contributed by atoms with Crippen LogP contribution >= 0.6 is 0 Å². The number of carboxylic acid groups (broad SMARTS) is 1. The Morgan fingerprint density at radius 3 is 2.41 bits per heavy atom. The lowest BCUT2D eigenvalue weighted by molar-refractivity contribution is -0.151. The summed E-state index contributed by atoms with van der Waals surface area (Å²) >= 11 is 0. The fourth-order valence-electron chi connectivity index (χ4n) is 2.72. The van der Waals surface area contributed by atoms with Gasteiger partial charge in [-0.1, -0.05) is 27.7 Å². The van der Waals surface area contributed by atoms with E-state index < -0.39 is 11.4 Å². The molecule has 1 saturated heterocycles. The molecule has 0 bridgehead atoms. The Morgan fingerprint density at radius 2 is 2.00 bits per heavy atom. The van der Waals surface area contributed by atoms with Crippen LogP contribution in [0.25, 0.3) is 0 Å². The van der Waals surface area contributed by atoms with E-state index in [2.05, 4.69) is 18.7 Å². The molecule has 1 aliphatic rings. The topological polar surface area (TPSA) is 40.5 Å². The van der Waals surface area contributed by atoms with E-state index in [1.165, 1.54) is 12.8 Å². The molecule has 0 spiro atoms. The number of hydrogen-bond acceptors (Lipinski definition) is 2. The minimum atomic E-state index is -0.612. The number of aliphatic carboxylic acids is 1. The Bertz CT molecular complexity index is 263. The van der Waals surface area contributed by atoms with Crippen LogP contribution in [0.15, 0.2) is 0 Å². The van der Waals surface area contributed by atoms with E-state index in [0.29, 0.717) is 0 Å². The average Bonchev–Trinajstić information content (AvgIpc) is 2.62. The maximum atomic E-state index is 11.5. The van der Waals surface area contributed by atoms with Crippen molar-refractivity contribution in [1.29, 1.82) is 0 Å². The number of likely N-dealkylation sites (tertiary alicyclic amines) is 1. The summed E-state index contributed by atoms with van der Waals surface area (Å²) in [5.74, 6) is 0.348.